The normalized spacial score (nSPS) is 18.1. The van der Waals surface area contributed by atoms with Crippen LogP contribution >= 0.6 is 0 Å². The highest BCUT2D eigenvalue weighted by molar-refractivity contribution is 5.48. The molecule has 0 fully saturated rings. The molecule has 20 heavy (non-hydrogen) atoms. The van der Waals surface area contributed by atoms with Crippen LogP contribution in [0.1, 0.15) is 54.7 Å². The summed E-state index contributed by atoms with van der Waals surface area (Å²) in [5.41, 5.74) is 13.2. The fraction of sp³-hybridized carbons (Fsp3) is 0.444. The first-order valence-corrected chi connectivity index (χ1v) is 7.77. The van der Waals surface area contributed by atoms with Gasteiger partial charge in [0, 0.05) is 23.1 Å². The predicted molar refractivity (Wildman–Crippen MR) is 84.4 cm³/mol. The number of aryl methyl sites for hydroxylation is 2. The van der Waals surface area contributed by atoms with E-state index >= 15 is 0 Å². The van der Waals surface area contributed by atoms with Gasteiger partial charge in [0.25, 0.3) is 0 Å². The van der Waals surface area contributed by atoms with Crippen LogP contribution in [-0.4, -0.2) is 4.57 Å². The van der Waals surface area contributed by atoms with Gasteiger partial charge in [-0.15, -0.1) is 0 Å². The molecule has 1 aromatic heterocycles. The number of aromatic nitrogens is 1. The summed E-state index contributed by atoms with van der Waals surface area (Å²) in [4.78, 5) is 0. The molecule has 0 saturated heterocycles. The summed E-state index contributed by atoms with van der Waals surface area (Å²) >= 11 is 0. The fourth-order valence-electron chi connectivity index (χ4n) is 3.48. The van der Waals surface area contributed by atoms with Gasteiger partial charge in [0.2, 0.25) is 0 Å². The van der Waals surface area contributed by atoms with Gasteiger partial charge in [-0.2, -0.15) is 0 Å². The van der Waals surface area contributed by atoms with Crippen molar-refractivity contribution in [2.24, 2.45) is 5.73 Å². The van der Waals surface area contributed by atoms with Gasteiger partial charge in [-0.05, 0) is 55.9 Å². The van der Waals surface area contributed by atoms with Crippen molar-refractivity contribution < 1.29 is 0 Å². The first kappa shape index (κ1) is 13.4. The molecular formula is C18H24N2. The Kier molecular flexibility index (Phi) is 3.66. The smallest absolute Gasteiger partial charge is 0.0487 e. The van der Waals surface area contributed by atoms with Crippen molar-refractivity contribution in [3.63, 3.8) is 0 Å². The highest BCUT2D eigenvalue weighted by Crippen LogP contribution is 2.33. The Morgan fingerprint density at radius 2 is 2.10 bits per heavy atom. The third-order valence-corrected chi connectivity index (χ3v) is 4.40. The summed E-state index contributed by atoms with van der Waals surface area (Å²) in [6, 6.07) is 11.3. The van der Waals surface area contributed by atoms with E-state index in [1.165, 1.54) is 41.0 Å². The quantitative estimate of drug-likeness (QED) is 0.893. The zero-order chi connectivity index (χ0) is 14.1. The van der Waals surface area contributed by atoms with E-state index in [-0.39, 0.29) is 6.04 Å². The van der Waals surface area contributed by atoms with Crippen molar-refractivity contribution in [2.75, 3.05) is 0 Å². The fourth-order valence-corrected chi connectivity index (χ4v) is 3.48. The first-order chi connectivity index (χ1) is 9.72. The van der Waals surface area contributed by atoms with Crippen LogP contribution in [0.25, 0.3) is 5.69 Å². The number of benzene rings is 1. The molecule has 2 nitrogen and oxygen atoms in total. The molecule has 1 aliphatic carbocycles. The molecular weight excluding hydrogens is 244 g/mol. The maximum absolute atomic E-state index is 6.29. The number of nitrogens with zero attached hydrogens (tertiary/aromatic N) is 1. The minimum atomic E-state index is 0.219. The summed E-state index contributed by atoms with van der Waals surface area (Å²) in [5.74, 6) is 0. The third kappa shape index (κ3) is 2.18. The highest BCUT2D eigenvalue weighted by atomic mass is 15.0. The van der Waals surface area contributed by atoms with E-state index in [0.29, 0.717) is 0 Å². The second kappa shape index (κ2) is 5.45. The van der Waals surface area contributed by atoms with Gasteiger partial charge in [0.1, 0.15) is 0 Å². The summed E-state index contributed by atoms with van der Waals surface area (Å²) in [7, 11) is 0. The number of hydrogen-bond acceptors (Lipinski definition) is 1. The Hall–Kier alpha value is -1.54. The molecule has 0 spiro atoms. The van der Waals surface area contributed by atoms with Crippen LogP contribution in [0.3, 0.4) is 0 Å². The molecule has 1 aromatic carbocycles. The van der Waals surface area contributed by atoms with E-state index < -0.39 is 0 Å². The standard InChI is InChI=1S/C18H24N2/c1-3-7-14-8-4-5-10-17(14)20-13(2)12-15-16(19)9-6-11-18(15)20/h4-5,8,10,12,16H,3,6-7,9,11,19H2,1-2H3. The number of para-hydroxylation sites is 1. The Morgan fingerprint density at radius 1 is 1.30 bits per heavy atom. The lowest BCUT2D eigenvalue weighted by Crippen LogP contribution is -2.18. The van der Waals surface area contributed by atoms with Crippen molar-refractivity contribution >= 4 is 0 Å². The average Bonchev–Trinajstić information content (AvgIpc) is 2.78. The lowest BCUT2D eigenvalue weighted by atomic mass is 9.93. The molecule has 106 valence electrons. The molecule has 1 aliphatic rings. The van der Waals surface area contributed by atoms with E-state index in [9.17, 15) is 0 Å². The van der Waals surface area contributed by atoms with Crippen molar-refractivity contribution in [1.29, 1.82) is 0 Å². The van der Waals surface area contributed by atoms with Gasteiger partial charge in [-0.3, -0.25) is 0 Å². The van der Waals surface area contributed by atoms with Crippen LogP contribution in [0.5, 0.6) is 0 Å². The van der Waals surface area contributed by atoms with E-state index in [0.717, 1.165) is 19.3 Å². The van der Waals surface area contributed by atoms with E-state index in [2.05, 4.69) is 48.7 Å². The van der Waals surface area contributed by atoms with Crippen LogP contribution in [0, 0.1) is 6.92 Å². The monoisotopic (exact) mass is 268 g/mol. The second-order valence-electron chi connectivity index (χ2n) is 5.90. The van der Waals surface area contributed by atoms with Crippen molar-refractivity contribution in [2.45, 2.75) is 52.0 Å². The average molecular weight is 268 g/mol. The van der Waals surface area contributed by atoms with Crippen molar-refractivity contribution in [3.05, 3.63) is 52.8 Å². The van der Waals surface area contributed by atoms with Gasteiger partial charge in [-0.25, -0.2) is 0 Å². The molecule has 2 heteroatoms. The Morgan fingerprint density at radius 3 is 2.90 bits per heavy atom. The highest BCUT2D eigenvalue weighted by Gasteiger charge is 2.23. The van der Waals surface area contributed by atoms with Gasteiger partial charge in [0.05, 0.1) is 0 Å². The summed E-state index contributed by atoms with van der Waals surface area (Å²) in [6.07, 6.45) is 5.78. The molecule has 0 saturated carbocycles. The van der Waals surface area contributed by atoms with Crippen LogP contribution < -0.4 is 5.73 Å². The van der Waals surface area contributed by atoms with Crippen LogP contribution in [0.2, 0.25) is 0 Å². The molecule has 1 atom stereocenters. The summed E-state index contributed by atoms with van der Waals surface area (Å²) < 4.78 is 2.44. The van der Waals surface area contributed by atoms with Crippen molar-refractivity contribution in [1.82, 2.24) is 4.57 Å². The largest absolute Gasteiger partial charge is 0.324 e. The number of fused-ring (bicyclic) bond motifs is 1. The number of nitrogens with two attached hydrogens (primary N) is 1. The molecule has 0 amide bonds. The minimum absolute atomic E-state index is 0.219. The molecule has 1 unspecified atom stereocenters. The van der Waals surface area contributed by atoms with Gasteiger partial charge in [0.15, 0.2) is 0 Å². The van der Waals surface area contributed by atoms with Gasteiger partial charge < -0.3 is 10.3 Å². The Labute approximate surface area is 121 Å². The van der Waals surface area contributed by atoms with E-state index in [4.69, 9.17) is 5.73 Å². The molecule has 0 radical (unpaired) electrons. The molecule has 3 rings (SSSR count). The van der Waals surface area contributed by atoms with E-state index in [1.807, 2.05) is 0 Å². The minimum Gasteiger partial charge on any atom is -0.324 e. The molecule has 2 aromatic rings. The second-order valence-corrected chi connectivity index (χ2v) is 5.90. The lowest BCUT2D eigenvalue weighted by Gasteiger charge is -2.22. The number of hydrogen-bond donors (Lipinski definition) is 1. The summed E-state index contributed by atoms with van der Waals surface area (Å²) in [6.45, 7) is 4.44. The van der Waals surface area contributed by atoms with E-state index in [1.54, 1.807) is 0 Å². The summed E-state index contributed by atoms with van der Waals surface area (Å²) in [5, 5.41) is 0. The zero-order valence-corrected chi connectivity index (χ0v) is 12.5. The van der Waals surface area contributed by atoms with Crippen LogP contribution in [-0.2, 0) is 12.8 Å². The SMILES string of the molecule is CCCc1ccccc1-n1c(C)cc2c1CCCC2N. The maximum atomic E-state index is 6.29. The van der Waals surface area contributed by atoms with Gasteiger partial charge >= 0.3 is 0 Å². The lowest BCUT2D eigenvalue weighted by molar-refractivity contribution is 0.559. The van der Waals surface area contributed by atoms with Gasteiger partial charge in [-0.1, -0.05) is 31.5 Å². The maximum Gasteiger partial charge on any atom is 0.0487 e. The molecule has 1 heterocycles. The molecule has 0 bridgehead atoms. The van der Waals surface area contributed by atoms with Crippen molar-refractivity contribution in [3.8, 4) is 5.69 Å². The Balaban J connectivity index is 2.16. The predicted octanol–water partition coefficient (Wildman–Crippen LogP) is 4.07. The third-order valence-electron chi connectivity index (χ3n) is 4.40. The zero-order valence-electron chi connectivity index (χ0n) is 12.5. The Bertz CT molecular complexity index is 610. The molecule has 0 aliphatic heterocycles. The molecule has 2 N–H and O–H groups in total. The van der Waals surface area contributed by atoms with Crippen LogP contribution in [0.4, 0.5) is 0 Å². The topological polar surface area (TPSA) is 30.9 Å². The van der Waals surface area contributed by atoms with Crippen LogP contribution in [0.15, 0.2) is 30.3 Å². The number of rotatable bonds is 3. The first-order valence-electron chi connectivity index (χ1n) is 7.77.